The summed E-state index contributed by atoms with van der Waals surface area (Å²) in [5.74, 6) is 0.0197. The predicted molar refractivity (Wildman–Crippen MR) is 114 cm³/mol. The summed E-state index contributed by atoms with van der Waals surface area (Å²) in [5.41, 5.74) is 4.19. The summed E-state index contributed by atoms with van der Waals surface area (Å²) in [6.45, 7) is 10.7. The molecule has 150 valence electrons. The number of amides is 1. The van der Waals surface area contributed by atoms with Crippen molar-refractivity contribution in [3.63, 3.8) is 0 Å². The van der Waals surface area contributed by atoms with Crippen molar-refractivity contribution in [2.24, 2.45) is 0 Å². The number of carbonyl (C=O) groups excluding carboxylic acids is 2. The zero-order valence-corrected chi connectivity index (χ0v) is 17.3. The molecule has 0 saturated carbocycles. The summed E-state index contributed by atoms with van der Waals surface area (Å²) in [6, 6.07) is 13.1. The molecule has 0 fully saturated rings. The van der Waals surface area contributed by atoms with Crippen LogP contribution in [-0.4, -0.2) is 25.0 Å². The van der Waals surface area contributed by atoms with Crippen LogP contribution in [0.4, 0.5) is 11.4 Å². The lowest BCUT2D eigenvalue weighted by Gasteiger charge is -2.21. The number of para-hydroxylation sites is 2. The van der Waals surface area contributed by atoms with Gasteiger partial charge in [0.15, 0.2) is 0 Å². The van der Waals surface area contributed by atoms with Crippen LogP contribution in [0.5, 0.6) is 0 Å². The zero-order valence-electron chi connectivity index (χ0n) is 17.3. The maximum Gasteiger partial charge on any atom is 0.340 e. The van der Waals surface area contributed by atoms with Crippen LogP contribution >= 0.6 is 0 Å². The molecule has 1 amide bonds. The van der Waals surface area contributed by atoms with Gasteiger partial charge in [0.2, 0.25) is 5.91 Å². The molecule has 0 saturated heterocycles. The van der Waals surface area contributed by atoms with Crippen LogP contribution in [0, 0.1) is 0 Å². The lowest BCUT2D eigenvalue weighted by molar-refractivity contribution is -0.114. The molecular weight excluding hydrogens is 352 g/mol. The molecule has 0 aromatic heterocycles. The first kappa shape index (κ1) is 21.5. The number of benzene rings is 2. The second-order valence-corrected chi connectivity index (χ2v) is 7.29. The third-order valence-electron chi connectivity index (χ3n) is 4.50. The van der Waals surface area contributed by atoms with E-state index in [4.69, 9.17) is 4.74 Å². The van der Waals surface area contributed by atoms with Crippen LogP contribution in [0.15, 0.2) is 42.5 Å². The van der Waals surface area contributed by atoms with E-state index in [1.165, 1.54) is 11.1 Å². The summed E-state index contributed by atoms with van der Waals surface area (Å²) in [4.78, 5) is 24.6. The molecule has 0 radical (unpaired) electrons. The summed E-state index contributed by atoms with van der Waals surface area (Å²) in [6.07, 6.45) is 0. The SMILES string of the molecule is CCOC(=O)c1ccccc1NC(=O)CNc1c(C(C)C)cccc1C(C)C. The average Bonchev–Trinajstić information content (AvgIpc) is 2.66. The van der Waals surface area contributed by atoms with Gasteiger partial charge in [0, 0.05) is 5.69 Å². The first-order chi connectivity index (χ1) is 13.3. The first-order valence-electron chi connectivity index (χ1n) is 9.77. The van der Waals surface area contributed by atoms with Gasteiger partial charge in [-0.15, -0.1) is 0 Å². The fourth-order valence-corrected chi connectivity index (χ4v) is 3.10. The van der Waals surface area contributed by atoms with Gasteiger partial charge in [-0.05, 0) is 42.0 Å². The maximum atomic E-state index is 12.6. The predicted octanol–water partition coefficient (Wildman–Crippen LogP) is 5.16. The molecule has 0 heterocycles. The third-order valence-corrected chi connectivity index (χ3v) is 4.50. The zero-order chi connectivity index (χ0) is 20.7. The lowest BCUT2D eigenvalue weighted by Crippen LogP contribution is -2.24. The van der Waals surface area contributed by atoms with Gasteiger partial charge in [-0.3, -0.25) is 4.79 Å². The van der Waals surface area contributed by atoms with Gasteiger partial charge in [-0.2, -0.15) is 0 Å². The molecule has 2 aromatic rings. The minimum absolute atomic E-state index is 0.112. The number of ether oxygens (including phenoxy) is 1. The number of rotatable bonds is 8. The Labute approximate surface area is 167 Å². The number of anilines is 2. The Bertz CT molecular complexity index is 802. The van der Waals surface area contributed by atoms with Gasteiger partial charge in [0.1, 0.15) is 0 Å². The highest BCUT2D eigenvalue weighted by atomic mass is 16.5. The van der Waals surface area contributed by atoms with Crippen molar-refractivity contribution in [1.29, 1.82) is 0 Å². The van der Waals surface area contributed by atoms with Crippen molar-refractivity contribution in [2.75, 3.05) is 23.8 Å². The van der Waals surface area contributed by atoms with Crippen LogP contribution in [0.3, 0.4) is 0 Å². The van der Waals surface area contributed by atoms with E-state index in [9.17, 15) is 9.59 Å². The van der Waals surface area contributed by atoms with Gasteiger partial charge in [0.25, 0.3) is 0 Å². The fraction of sp³-hybridized carbons (Fsp3) is 0.391. The van der Waals surface area contributed by atoms with E-state index in [-0.39, 0.29) is 19.1 Å². The highest BCUT2D eigenvalue weighted by Gasteiger charge is 2.16. The summed E-state index contributed by atoms with van der Waals surface area (Å²) in [5, 5.41) is 6.13. The maximum absolute atomic E-state index is 12.6. The Balaban J connectivity index is 2.15. The monoisotopic (exact) mass is 382 g/mol. The molecule has 2 aromatic carbocycles. The van der Waals surface area contributed by atoms with E-state index in [0.717, 1.165) is 5.69 Å². The lowest BCUT2D eigenvalue weighted by atomic mass is 9.92. The number of carbonyl (C=O) groups is 2. The molecule has 0 bridgehead atoms. The van der Waals surface area contributed by atoms with E-state index in [0.29, 0.717) is 23.1 Å². The smallest absolute Gasteiger partial charge is 0.340 e. The van der Waals surface area contributed by atoms with Crippen molar-refractivity contribution in [2.45, 2.75) is 46.5 Å². The van der Waals surface area contributed by atoms with Crippen molar-refractivity contribution in [3.05, 3.63) is 59.2 Å². The Morgan fingerprint density at radius 2 is 1.54 bits per heavy atom. The minimum atomic E-state index is -0.446. The second kappa shape index (κ2) is 9.93. The summed E-state index contributed by atoms with van der Waals surface area (Å²) in [7, 11) is 0. The number of nitrogens with one attached hydrogen (secondary N) is 2. The molecule has 0 aliphatic carbocycles. The largest absolute Gasteiger partial charge is 0.462 e. The van der Waals surface area contributed by atoms with Crippen LogP contribution in [0.25, 0.3) is 0 Å². The van der Waals surface area contributed by atoms with E-state index < -0.39 is 5.97 Å². The van der Waals surface area contributed by atoms with Crippen molar-refractivity contribution in [1.82, 2.24) is 0 Å². The highest BCUT2D eigenvalue weighted by Crippen LogP contribution is 2.32. The Morgan fingerprint density at radius 3 is 2.11 bits per heavy atom. The second-order valence-electron chi connectivity index (χ2n) is 7.29. The molecule has 5 heteroatoms. The molecule has 5 nitrogen and oxygen atoms in total. The Hall–Kier alpha value is -2.82. The quantitative estimate of drug-likeness (QED) is 0.619. The summed E-state index contributed by atoms with van der Waals surface area (Å²) < 4.78 is 5.06. The normalized spacial score (nSPS) is 10.8. The van der Waals surface area contributed by atoms with E-state index in [2.05, 4.69) is 56.5 Å². The van der Waals surface area contributed by atoms with Gasteiger partial charge < -0.3 is 15.4 Å². The number of esters is 1. The van der Waals surface area contributed by atoms with E-state index >= 15 is 0 Å². The van der Waals surface area contributed by atoms with Crippen LogP contribution in [0.2, 0.25) is 0 Å². The van der Waals surface area contributed by atoms with Crippen molar-refractivity contribution >= 4 is 23.3 Å². The van der Waals surface area contributed by atoms with Gasteiger partial charge >= 0.3 is 5.97 Å². The number of hydrogen-bond donors (Lipinski definition) is 2. The van der Waals surface area contributed by atoms with E-state index in [1.54, 1.807) is 31.2 Å². The molecule has 0 unspecified atom stereocenters. The Kier molecular flexibility index (Phi) is 7.61. The average molecular weight is 383 g/mol. The molecule has 2 N–H and O–H groups in total. The standard InChI is InChI=1S/C23H30N2O3/c1-6-28-23(27)19-10-7-8-13-20(19)25-21(26)14-24-22-17(15(2)3)11-9-12-18(22)16(4)5/h7-13,15-16,24H,6,14H2,1-5H3,(H,25,26). The minimum Gasteiger partial charge on any atom is -0.462 e. The molecule has 2 rings (SSSR count). The van der Waals surface area contributed by atoms with Crippen LogP contribution < -0.4 is 10.6 Å². The molecule has 0 aliphatic heterocycles. The first-order valence-corrected chi connectivity index (χ1v) is 9.77. The third kappa shape index (κ3) is 5.35. The molecule has 0 spiro atoms. The van der Waals surface area contributed by atoms with Crippen molar-refractivity contribution < 1.29 is 14.3 Å². The molecule has 0 atom stereocenters. The molecule has 28 heavy (non-hydrogen) atoms. The van der Waals surface area contributed by atoms with Gasteiger partial charge in [-0.1, -0.05) is 58.0 Å². The summed E-state index contributed by atoms with van der Waals surface area (Å²) >= 11 is 0. The van der Waals surface area contributed by atoms with Gasteiger partial charge in [0.05, 0.1) is 24.4 Å². The molecular formula is C23H30N2O3. The number of hydrogen-bond acceptors (Lipinski definition) is 4. The topological polar surface area (TPSA) is 67.4 Å². The van der Waals surface area contributed by atoms with Crippen LogP contribution in [0.1, 0.15) is 67.9 Å². The van der Waals surface area contributed by atoms with Crippen LogP contribution in [-0.2, 0) is 9.53 Å². The molecule has 0 aliphatic rings. The van der Waals surface area contributed by atoms with Crippen molar-refractivity contribution in [3.8, 4) is 0 Å². The van der Waals surface area contributed by atoms with Gasteiger partial charge in [-0.25, -0.2) is 4.79 Å². The van der Waals surface area contributed by atoms with E-state index in [1.807, 2.05) is 0 Å². The highest BCUT2D eigenvalue weighted by molar-refractivity contribution is 6.02. The Morgan fingerprint density at radius 1 is 0.929 bits per heavy atom. The fourth-order valence-electron chi connectivity index (χ4n) is 3.10.